The van der Waals surface area contributed by atoms with E-state index >= 15 is 0 Å². The van der Waals surface area contributed by atoms with Gasteiger partial charge in [0.2, 0.25) is 11.9 Å². The monoisotopic (exact) mass is 289 g/mol. The maximum atomic E-state index is 11.6. The number of fused-ring (bicyclic) bond motifs is 1. The Hall–Kier alpha value is -2.34. The molecule has 102 valence electrons. The van der Waals surface area contributed by atoms with Crippen molar-refractivity contribution in [3.8, 4) is 0 Å². The standard InChI is InChI=1S/C13H12ClN5O/c1-19-9-3-2-8(4-7(9)5-12(19)20)16-11-6-10(14)17-13(15)18-11/h2-4,6H,5H2,1H3,(H3,15,16,17,18). The summed E-state index contributed by atoms with van der Waals surface area (Å²) in [4.78, 5) is 21.1. The van der Waals surface area contributed by atoms with Gasteiger partial charge < -0.3 is 16.0 Å². The van der Waals surface area contributed by atoms with Crippen LogP contribution in [0.3, 0.4) is 0 Å². The van der Waals surface area contributed by atoms with Gasteiger partial charge in [-0.15, -0.1) is 0 Å². The minimum atomic E-state index is 0.0893. The molecule has 0 fully saturated rings. The van der Waals surface area contributed by atoms with E-state index in [2.05, 4.69) is 15.3 Å². The lowest BCUT2D eigenvalue weighted by molar-refractivity contribution is -0.117. The molecule has 2 aromatic rings. The predicted molar refractivity (Wildman–Crippen MR) is 78.3 cm³/mol. The number of rotatable bonds is 2. The number of nitrogen functional groups attached to an aromatic ring is 1. The first-order valence-corrected chi connectivity index (χ1v) is 6.37. The number of hydrogen-bond acceptors (Lipinski definition) is 5. The molecule has 2 heterocycles. The highest BCUT2D eigenvalue weighted by Crippen LogP contribution is 2.31. The van der Waals surface area contributed by atoms with Crippen molar-refractivity contribution < 1.29 is 4.79 Å². The van der Waals surface area contributed by atoms with Gasteiger partial charge in [-0.3, -0.25) is 4.79 Å². The molecular weight excluding hydrogens is 278 g/mol. The molecule has 3 N–H and O–H groups in total. The number of nitrogens with two attached hydrogens (primary N) is 1. The summed E-state index contributed by atoms with van der Waals surface area (Å²) in [5.74, 6) is 0.711. The van der Waals surface area contributed by atoms with Gasteiger partial charge in [-0.1, -0.05) is 11.6 Å². The van der Waals surface area contributed by atoms with E-state index in [0.29, 0.717) is 12.2 Å². The first-order chi connectivity index (χ1) is 9.52. The number of nitrogens with zero attached hydrogens (tertiary/aromatic N) is 3. The van der Waals surface area contributed by atoms with Gasteiger partial charge in [0.25, 0.3) is 0 Å². The lowest BCUT2D eigenvalue weighted by Crippen LogP contribution is -2.20. The molecule has 1 aliphatic heterocycles. The fourth-order valence-electron chi connectivity index (χ4n) is 2.20. The van der Waals surface area contributed by atoms with Crippen LogP contribution in [-0.2, 0) is 11.2 Å². The third kappa shape index (κ3) is 2.25. The van der Waals surface area contributed by atoms with Gasteiger partial charge >= 0.3 is 0 Å². The molecule has 1 aromatic carbocycles. The SMILES string of the molecule is CN1C(=O)Cc2cc(Nc3cc(Cl)nc(N)n3)ccc21. The first kappa shape index (κ1) is 12.7. The molecule has 7 heteroatoms. The summed E-state index contributed by atoms with van der Waals surface area (Å²) < 4.78 is 0. The summed E-state index contributed by atoms with van der Waals surface area (Å²) in [7, 11) is 1.77. The molecule has 0 unspecified atom stereocenters. The van der Waals surface area contributed by atoms with E-state index in [1.807, 2.05) is 18.2 Å². The van der Waals surface area contributed by atoms with E-state index in [4.69, 9.17) is 17.3 Å². The molecule has 1 amide bonds. The normalized spacial score (nSPS) is 13.5. The topological polar surface area (TPSA) is 84.1 Å². The van der Waals surface area contributed by atoms with Crippen molar-refractivity contribution in [3.05, 3.63) is 35.0 Å². The van der Waals surface area contributed by atoms with E-state index in [-0.39, 0.29) is 17.0 Å². The van der Waals surface area contributed by atoms with Crippen molar-refractivity contribution in [1.82, 2.24) is 9.97 Å². The minimum absolute atomic E-state index is 0.0893. The molecule has 1 aliphatic rings. The van der Waals surface area contributed by atoms with Gasteiger partial charge in [0.15, 0.2) is 0 Å². The Bertz CT molecular complexity index is 683. The molecular formula is C13H12ClN5O. The Kier molecular flexibility index (Phi) is 2.94. The Labute approximate surface area is 120 Å². The highest BCUT2D eigenvalue weighted by atomic mass is 35.5. The van der Waals surface area contributed by atoms with Crippen molar-refractivity contribution >= 4 is 40.6 Å². The zero-order chi connectivity index (χ0) is 14.3. The number of carbonyl (C=O) groups is 1. The second-order valence-electron chi connectivity index (χ2n) is 4.53. The Balaban J connectivity index is 1.89. The highest BCUT2D eigenvalue weighted by molar-refractivity contribution is 6.29. The molecule has 0 atom stereocenters. The lowest BCUT2D eigenvalue weighted by Gasteiger charge is -2.11. The van der Waals surface area contributed by atoms with Crippen molar-refractivity contribution in [2.45, 2.75) is 6.42 Å². The summed E-state index contributed by atoms with van der Waals surface area (Å²) in [5.41, 5.74) is 8.28. The predicted octanol–water partition coefficient (Wildman–Crippen LogP) is 1.97. The van der Waals surface area contributed by atoms with Crippen LogP contribution in [0.5, 0.6) is 0 Å². The van der Waals surface area contributed by atoms with Crippen molar-refractivity contribution in [1.29, 1.82) is 0 Å². The fourth-order valence-corrected chi connectivity index (χ4v) is 2.38. The largest absolute Gasteiger partial charge is 0.368 e. The summed E-state index contributed by atoms with van der Waals surface area (Å²) in [5, 5.41) is 3.37. The molecule has 0 saturated heterocycles. The number of nitrogens with one attached hydrogen (secondary N) is 1. The Morgan fingerprint density at radius 2 is 2.15 bits per heavy atom. The van der Waals surface area contributed by atoms with Gasteiger partial charge in [-0.25, -0.2) is 4.98 Å². The van der Waals surface area contributed by atoms with Crippen LogP contribution in [0.2, 0.25) is 5.15 Å². The molecule has 0 radical (unpaired) electrons. The molecule has 20 heavy (non-hydrogen) atoms. The zero-order valence-corrected chi connectivity index (χ0v) is 11.5. The van der Waals surface area contributed by atoms with E-state index in [0.717, 1.165) is 16.9 Å². The van der Waals surface area contributed by atoms with E-state index in [1.54, 1.807) is 18.0 Å². The second kappa shape index (κ2) is 4.64. The molecule has 0 aliphatic carbocycles. The van der Waals surface area contributed by atoms with Crippen LogP contribution in [0.1, 0.15) is 5.56 Å². The summed E-state index contributed by atoms with van der Waals surface area (Å²) in [6.45, 7) is 0. The van der Waals surface area contributed by atoms with Crippen molar-refractivity contribution in [3.63, 3.8) is 0 Å². The second-order valence-corrected chi connectivity index (χ2v) is 4.92. The van der Waals surface area contributed by atoms with Gasteiger partial charge in [0.1, 0.15) is 11.0 Å². The zero-order valence-electron chi connectivity index (χ0n) is 10.7. The number of carbonyl (C=O) groups excluding carboxylic acids is 1. The molecule has 1 aromatic heterocycles. The highest BCUT2D eigenvalue weighted by Gasteiger charge is 2.23. The van der Waals surface area contributed by atoms with Crippen LogP contribution < -0.4 is 16.0 Å². The lowest BCUT2D eigenvalue weighted by atomic mass is 10.1. The maximum absolute atomic E-state index is 11.6. The van der Waals surface area contributed by atoms with Crippen LogP contribution in [0.4, 0.5) is 23.1 Å². The molecule has 0 bridgehead atoms. The molecule has 6 nitrogen and oxygen atoms in total. The van der Waals surface area contributed by atoms with Gasteiger partial charge in [-0.2, -0.15) is 4.98 Å². The number of amides is 1. The number of hydrogen-bond donors (Lipinski definition) is 2. The number of halogens is 1. The first-order valence-electron chi connectivity index (χ1n) is 5.99. The fraction of sp³-hybridized carbons (Fsp3) is 0.154. The average Bonchev–Trinajstić information content (AvgIpc) is 2.63. The van der Waals surface area contributed by atoms with Crippen LogP contribution in [0.15, 0.2) is 24.3 Å². The van der Waals surface area contributed by atoms with Crippen LogP contribution >= 0.6 is 11.6 Å². The molecule has 0 saturated carbocycles. The Morgan fingerprint density at radius 1 is 1.35 bits per heavy atom. The quantitative estimate of drug-likeness (QED) is 0.826. The van der Waals surface area contributed by atoms with Gasteiger partial charge in [0, 0.05) is 24.5 Å². The van der Waals surface area contributed by atoms with Gasteiger partial charge in [-0.05, 0) is 23.8 Å². The maximum Gasteiger partial charge on any atom is 0.231 e. The smallest absolute Gasteiger partial charge is 0.231 e. The number of benzene rings is 1. The number of anilines is 4. The minimum Gasteiger partial charge on any atom is -0.368 e. The molecule has 3 rings (SSSR count). The number of aromatic nitrogens is 2. The third-order valence-corrected chi connectivity index (χ3v) is 3.33. The Morgan fingerprint density at radius 3 is 2.90 bits per heavy atom. The van der Waals surface area contributed by atoms with E-state index in [1.165, 1.54) is 0 Å². The van der Waals surface area contributed by atoms with Gasteiger partial charge in [0.05, 0.1) is 6.42 Å². The van der Waals surface area contributed by atoms with Crippen LogP contribution in [0, 0.1) is 0 Å². The number of likely N-dealkylation sites (N-methyl/N-ethyl adjacent to an activating group) is 1. The average molecular weight is 290 g/mol. The van der Waals surface area contributed by atoms with E-state index in [9.17, 15) is 4.79 Å². The van der Waals surface area contributed by atoms with Crippen molar-refractivity contribution in [2.24, 2.45) is 0 Å². The summed E-state index contributed by atoms with van der Waals surface area (Å²) in [6, 6.07) is 7.28. The molecule has 0 spiro atoms. The van der Waals surface area contributed by atoms with Crippen molar-refractivity contribution in [2.75, 3.05) is 23.0 Å². The third-order valence-electron chi connectivity index (χ3n) is 3.14. The van der Waals surface area contributed by atoms with Crippen LogP contribution in [-0.4, -0.2) is 22.9 Å². The summed E-state index contributed by atoms with van der Waals surface area (Å²) >= 11 is 5.83. The van der Waals surface area contributed by atoms with Crippen LogP contribution in [0.25, 0.3) is 0 Å². The van der Waals surface area contributed by atoms with E-state index < -0.39 is 0 Å². The summed E-state index contributed by atoms with van der Waals surface area (Å²) in [6.07, 6.45) is 0.411.